The van der Waals surface area contributed by atoms with Crippen LogP contribution >= 0.6 is 11.8 Å². The number of carbonyl (C=O) groups is 1. The highest BCUT2D eigenvalue weighted by Gasteiger charge is 2.19. The highest BCUT2D eigenvalue weighted by molar-refractivity contribution is 7.99. The monoisotopic (exact) mass is 296 g/mol. The maximum Gasteiger partial charge on any atom is 0.230 e. The Bertz CT molecular complexity index is 452. The molecular weight excluding hydrogens is 272 g/mol. The van der Waals surface area contributed by atoms with Crippen molar-refractivity contribution in [3.63, 3.8) is 0 Å². The van der Waals surface area contributed by atoms with Crippen molar-refractivity contribution in [3.8, 4) is 0 Å². The van der Waals surface area contributed by atoms with Gasteiger partial charge in [0.25, 0.3) is 0 Å². The van der Waals surface area contributed by atoms with E-state index in [0.717, 1.165) is 30.2 Å². The standard InChI is InChI=1S/C14H24N4OS/c1-4-12-16-17-14(18(12)10(2)3)20-9-13(19)15-11-7-5-6-8-11/h10-11H,4-9H2,1-3H3,(H,15,19). The minimum atomic E-state index is 0.109. The van der Waals surface area contributed by atoms with E-state index < -0.39 is 0 Å². The highest BCUT2D eigenvalue weighted by atomic mass is 32.2. The van der Waals surface area contributed by atoms with Crippen LogP contribution in [-0.4, -0.2) is 32.5 Å². The van der Waals surface area contributed by atoms with Gasteiger partial charge in [-0.3, -0.25) is 4.79 Å². The van der Waals surface area contributed by atoms with Crippen LogP contribution in [-0.2, 0) is 11.2 Å². The number of amides is 1. The second kappa shape index (κ2) is 7.11. The van der Waals surface area contributed by atoms with Gasteiger partial charge in [-0.05, 0) is 26.7 Å². The van der Waals surface area contributed by atoms with Crippen LogP contribution in [0, 0.1) is 0 Å². The molecule has 1 saturated carbocycles. The van der Waals surface area contributed by atoms with Crippen LogP contribution in [0.2, 0.25) is 0 Å². The first-order valence-electron chi connectivity index (χ1n) is 7.47. The third-order valence-corrected chi connectivity index (χ3v) is 4.56. The molecule has 0 aliphatic heterocycles. The number of aromatic nitrogens is 3. The van der Waals surface area contributed by atoms with Crippen molar-refractivity contribution in [2.45, 2.75) is 70.1 Å². The van der Waals surface area contributed by atoms with E-state index >= 15 is 0 Å². The summed E-state index contributed by atoms with van der Waals surface area (Å²) >= 11 is 1.48. The van der Waals surface area contributed by atoms with Gasteiger partial charge < -0.3 is 9.88 Å². The van der Waals surface area contributed by atoms with Crippen LogP contribution in [0.15, 0.2) is 5.16 Å². The van der Waals surface area contributed by atoms with Crippen molar-refractivity contribution in [1.82, 2.24) is 20.1 Å². The Morgan fingerprint density at radius 2 is 2.10 bits per heavy atom. The summed E-state index contributed by atoms with van der Waals surface area (Å²) < 4.78 is 2.12. The minimum Gasteiger partial charge on any atom is -0.353 e. The molecule has 0 saturated heterocycles. The molecule has 1 aromatic heterocycles. The summed E-state index contributed by atoms with van der Waals surface area (Å²) in [4.78, 5) is 11.9. The average molecular weight is 296 g/mol. The number of hydrogen-bond donors (Lipinski definition) is 1. The summed E-state index contributed by atoms with van der Waals surface area (Å²) in [6, 6.07) is 0.706. The fourth-order valence-corrected chi connectivity index (χ4v) is 3.53. The van der Waals surface area contributed by atoms with Crippen LogP contribution in [0.4, 0.5) is 0 Å². The molecule has 0 bridgehead atoms. The maximum atomic E-state index is 11.9. The SMILES string of the molecule is CCc1nnc(SCC(=O)NC2CCCC2)n1C(C)C. The molecule has 1 aromatic rings. The van der Waals surface area contributed by atoms with Gasteiger partial charge in [0.15, 0.2) is 5.16 Å². The van der Waals surface area contributed by atoms with Gasteiger partial charge in [0.05, 0.1) is 5.75 Å². The van der Waals surface area contributed by atoms with Crippen molar-refractivity contribution in [2.75, 3.05) is 5.75 Å². The van der Waals surface area contributed by atoms with Gasteiger partial charge in [0, 0.05) is 18.5 Å². The van der Waals surface area contributed by atoms with Crippen molar-refractivity contribution >= 4 is 17.7 Å². The lowest BCUT2D eigenvalue weighted by atomic mass is 10.2. The molecule has 1 fully saturated rings. The molecule has 0 spiro atoms. The number of hydrogen-bond acceptors (Lipinski definition) is 4. The molecule has 5 nitrogen and oxygen atoms in total. The Balaban J connectivity index is 1.89. The molecule has 6 heteroatoms. The van der Waals surface area contributed by atoms with Gasteiger partial charge in [-0.2, -0.15) is 0 Å². The summed E-state index contributed by atoms with van der Waals surface area (Å²) in [6.45, 7) is 6.31. The second-order valence-corrected chi connectivity index (χ2v) is 6.50. The maximum absolute atomic E-state index is 11.9. The van der Waals surface area contributed by atoms with Crippen molar-refractivity contribution < 1.29 is 4.79 Å². The third kappa shape index (κ3) is 3.75. The van der Waals surface area contributed by atoms with E-state index in [0.29, 0.717) is 17.8 Å². The number of nitrogens with one attached hydrogen (secondary N) is 1. The molecule has 0 unspecified atom stereocenters. The summed E-state index contributed by atoms with van der Waals surface area (Å²) in [6.07, 6.45) is 5.58. The predicted octanol–water partition coefficient (Wildman–Crippen LogP) is 2.57. The van der Waals surface area contributed by atoms with Gasteiger partial charge in [-0.15, -0.1) is 10.2 Å². The number of thioether (sulfide) groups is 1. The first kappa shape index (κ1) is 15.4. The quantitative estimate of drug-likeness (QED) is 0.820. The van der Waals surface area contributed by atoms with Crippen molar-refractivity contribution in [1.29, 1.82) is 0 Å². The van der Waals surface area contributed by atoms with Crippen LogP contribution in [0.5, 0.6) is 0 Å². The fraction of sp³-hybridized carbons (Fsp3) is 0.786. The third-order valence-electron chi connectivity index (χ3n) is 3.62. The Morgan fingerprint density at radius 3 is 2.70 bits per heavy atom. The lowest BCUT2D eigenvalue weighted by Gasteiger charge is -2.14. The van der Waals surface area contributed by atoms with Crippen LogP contribution in [0.3, 0.4) is 0 Å². The Hall–Kier alpha value is -1.04. The molecule has 0 radical (unpaired) electrons. The molecular formula is C14H24N4OS. The zero-order valence-corrected chi connectivity index (χ0v) is 13.4. The Morgan fingerprint density at radius 1 is 1.40 bits per heavy atom. The van der Waals surface area contributed by atoms with E-state index in [1.807, 2.05) is 0 Å². The van der Waals surface area contributed by atoms with Crippen molar-refractivity contribution in [3.05, 3.63) is 5.82 Å². The topological polar surface area (TPSA) is 59.8 Å². The smallest absolute Gasteiger partial charge is 0.230 e. The molecule has 2 rings (SSSR count). The Kier molecular flexibility index (Phi) is 5.46. The van der Waals surface area contributed by atoms with E-state index in [9.17, 15) is 4.79 Å². The van der Waals surface area contributed by atoms with E-state index in [4.69, 9.17) is 0 Å². The molecule has 1 aliphatic carbocycles. The number of rotatable bonds is 6. The number of aryl methyl sites for hydroxylation is 1. The summed E-state index contributed by atoms with van der Waals surface area (Å²) in [5.74, 6) is 1.52. The first-order valence-corrected chi connectivity index (χ1v) is 8.46. The van der Waals surface area contributed by atoms with Crippen LogP contribution in [0.25, 0.3) is 0 Å². The molecule has 1 aliphatic rings. The van der Waals surface area contributed by atoms with E-state index in [1.54, 1.807) is 0 Å². The normalized spacial score (nSPS) is 16.0. The van der Waals surface area contributed by atoms with E-state index in [1.165, 1.54) is 24.6 Å². The average Bonchev–Trinajstić information content (AvgIpc) is 3.04. The largest absolute Gasteiger partial charge is 0.353 e. The second-order valence-electron chi connectivity index (χ2n) is 5.55. The lowest BCUT2D eigenvalue weighted by molar-refractivity contribution is -0.119. The summed E-state index contributed by atoms with van der Waals surface area (Å²) in [5.41, 5.74) is 0. The van der Waals surface area contributed by atoms with Gasteiger partial charge in [-0.25, -0.2) is 0 Å². The van der Waals surface area contributed by atoms with E-state index in [-0.39, 0.29) is 5.91 Å². The van der Waals surface area contributed by atoms with Gasteiger partial charge in [0.2, 0.25) is 5.91 Å². The summed E-state index contributed by atoms with van der Waals surface area (Å²) in [7, 11) is 0. The summed E-state index contributed by atoms with van der Waals surface area (Å²) in [5, 5.41) is 12.4. The zero-order valence-electron chi connectivity index (χ0n) is 12.6. The van der Waals surface area contributed by atoms with Crippen molar-refractivity contribution in [2.24, 2.45) is 0 Å². The van der Waals surface area contributed by atoms with Crippen LogP contribution < -0.4 is 5.32 Å². The minimum absolute atomic E-state index is 0.109. The fourth-order valence-electron chi connectivity index (χ4n) is 2.64. The number of carbonyl (C=O) groups excluding carboxylic acids is 1. The predicted molar refractivity (Wildman–Crippen MR) is 80.9 cm³/mol. The van der Waals surface area contributed by atoms with Gasteiger partial charge >= 0.3 is 0 Å². The molecule has 0 atom stereocenters. The molecule has 112 valence electrons. The highest BCUT2D eigenvalue weighted by Crippen LogP contribution is 2.22. The molecule has 1 heterocycles. The van der Waals surface area contributed by atoms with Crippen LogP contribution in [0.1, 0.15) is 58.3 Å². The van der Waals surface area contributed by atoms with Gasteiger partial charge in [-0.1, -0.05) is 31.5 Å². The molecule has 0 aromatic carbocycles. The lowest BCUT2D eigenvalue weighted by Crippen LogP contribution is -2.33. The first-order chi connectivity index (χ1) is 9.61. The molecule has 20 heavy (non-hydrogen) atoms. The molecule has 1 amide bonds. The number of nitrogens with zero attached hydrogens (tertiary/aromatic N) is 3. The Labute approximate surface area is 124 Å². The van der Waals surface area contributed by atoms with Gasteiger partial charge in [0.1, 0.15) is 5.82 Å². The molecule has 1 N–H and O–H groups in total. The van der Waals surface area contributed by atoms with E-state index in [2.05, 4.69) is 40.9 Å². The zero-order chi connectivity index (χ0) is 14.5.